The average Bonchev–Trinajstić information content (AvgIpc) is 3.08. The molecule has 2 rings (SSSR count). The molecular weight excluding hydrogens is 278 g/mol. The van der Waals surface area contributed by atoms with Crippen LogP contribution < -0.4 is 4.72 Å². The minimum absolute atomic E-state index is 0.0404. The van der Waals surface area contributed by atoms with E-state index < -0.39 is 27.2 Å². The van der Waals surface area contributed by atoms with Gasteiger partial charge in [0.25, 0.3) is 0 Å². The molecule has 20 heavy (non-hydrogen) atoms. The molecule has 0 aliphatic heterocycles. The Kier molecular flexibility index (Phi) is 5.07. The Labute approximate surface area is 121 Å². The Morgan fingerprint density at radius 3 is 2.40 bits per heavy atom. The van der Waals surface area contributed by atoms with E-state index >= 15 is 0 Å². The van der Waals surface area contributed by atoms with Gasteiger partial charge in [-0.05, 0) is 38.5 Å². The van der Waals surface area contributed by atoms with Crippen molar-refractivity contribution >= 4 is 16.0 Å². The van der Waals surface area contributed by atoms with Crippen LogP contribution in [0, 0.1) is 11.8 Å². The van der Waals surface area contributed by atoms with Gasteiger partial charge in [0.15, 0.2) is 0 Å². The Balaban J connectivity index is 2.03. The zero-order valence-corrected chi connectivity index (χ0v) is 13.1. The Morgan fingerprint density at radius 2 is 1.80 bits per heavy atom. The maximum Gasteiger partial charge on any atom is 0.310 e. The maximum atomic E-state index is 12.5. The van der Waals surface area contributed by atoms with E-state index in [4.69, 9.17) is 4.74 Å². The van der Waals surface area contributed by atoms with E-state index in [2.05, 4.69) is 4.72 Å². The molecule has 6 heteroatoms. The monoisotopic (exact) mass is 303 g/mol. The molecule has 3 unspecified atom stereocenters. The number of carbonyl (C=O) groups excluding carboxylic acids is 1. The minimum Gasteiger partial charge on any atom is -0.469 e. The van der Waals surface area contributed by atoms with Crippen LogP contribution in [0.25, 0.3) is 0 Å². The average molecular weight is 303 g/mol. The van der Waals surface area contributed by atoms with Crippen molar-refractivity contribution in [2.75, 3.05) is 7.11 Å². The highest BCUT2D eigenvalue weighted by atomic mass is 32.2. The van der Waals surface area contributed by atoms with Gasteiger partial charge in [0.2, 0.25) is 10.0 Å². The number of esters is 1. The third-order valence-corrected chi connectivity index (χ3v) is 6.87. The zero-order valence-electron chi connectivity index (χ0n) is 12.3. The SMILES string of the molecule is COC(=O)C1CCCC1S(=O)(=O)NC(C)C1CCCC1. The number of carbonyl (C=O) groups is 1. The molecule has 0 bridgehead atoms. The van der Waals surface area contributed by atoms with E-state index in [9.17, 15) is 13.2 Å². The molecular formula is C14H25NO4S. The summed E-state index contributed by atoms with van der Waals surface area (Å²) in [6.45, 7) is 1.94. The van der Waals surface area contributed by atoms with Crippen LogP contribution in [0.15, 0.2) is 0 Å². The molecule has 0 spiro atoms. The topological polar surface area (TPSA) is 72.5 Å². The molecule has 2 saturated carbocycles. The number of rotatable bonds is 5. The van der Waals surface area contributed by atoms with E-state index in [1.807, 2.05) is 6.92 Å². The summed E-state index contributed by atoms with van der Waals surface area (Å²) in [5.74, 6) is -0.470. The molecule has 3 atom stereocenters. The van der Waals surface area contributed by atoms with Crippen molar-refractivity contribution in [2.45, 2.75) is 63.2 Å². The lowest BCUT2D eigenvalue weighted by Gasteiger charge is -2.24. The van der Waals surface area contributed by atoms with Crippen molar-refractivity contribution in [1.82, 2.24) is 4.72 Å². The first-order valence-corrected chi connectivity index (χ1v) is 9.09. The highest BCUT2D eigenvalue weighted by molar-refractivity contribution is 7.90. The normalized spacial score (nSPS) is 29.5. The zero-order chi connectivity index (χ0) is 14.8. The van der Waals surface area contributed by atoms with Gasteiger partial charge >= 0.3 is 5.97 Å². The number of ether oxygens (including phenoxy) is 1. The van der Waals surface area contributed by atoms with Crippen LogP contribution in [0.4, 0.5) is 0 Å². The summed E-state index contributed by atoms with van der Waals surface area (Å²) in [4.78, 5) is 11.7. The smallest absolute Gasteiger partial charge is 0.310 e. The second-order valence-electron chi connectivity index (χ2n) is 6.10. The number of hydrogen-bond acceptors (Lipinski definition) is 4. The summed E-state index contributed by atoms with van der Waals surface area (Å²) in [5.41, 5.74) is 0. The van der Waals surface area contributed by atoms with Crippen LogP contribution in [0.2, 0.25) is 0 Å². The van der Waals surface area contributed by atoms with Crippen molar-refractivity contribution < 1.29 is 17.9 Å². The fraction of sp³-hybridized carbons (Fsp3) is 0.929. The van der Waals surface area contributed by atoms with Crippen LogP contribution in [0.5, 0.6) is 0 Å². The molecule has 0 aromatic heterocycles. The van der Waals surface area contributed by atoms with E-state index in [-0.39, 0.29) is 6.04 Å². The second-order valence-corrected chi connectivity index (χ2v) is 8.03. The van der Waals surface area contributed by atoms with Crippen molar-refractivity contribution in [3.63, 3.8) is 0 Å². The molecule has 0 amide bonds. The quantitative estimate of drug-likeness (QED) is 0.786. The predicted octanol–water partition coefficient (Wildman–Crippen LogP) is 1.83. The molecule has 0 saturated heterocycles. The van der Waals surface area contributed by atoms with Crippen LogP contribution >= 0.6 is 0 Å². The summed E-state index contributed by atoms with van der Waals surface area (Å²) in [5, 5.41) is -0.626. The van der Waals surface area contributed by atoms with E-state index in [0.29, 0.717) is 18.8 Å². The van der Waals surface area contributed by atoms with Gasteiger partial charge in [0.05, 0.1) is 18.3 Å². The van der Waals surface area contributed by atoms with E-state index in [1.165, 1.54) is 20.0 Å². The van der Waals surface area contributed by atoms with Crippen molar-refractivity contribution in [3.8, 4) is 0 Å². The van der Waals surface area contributed by atoms with Crippen LogP contribution in [0.1, 0.15) is 51.9 Å². The lowest BCUT2D eigenvalue weighted by molar-refractivity contribution is -0.145. The third kappa shape index (κ3) is 3.34. The molecule has 2 aliphatic rings. The van der Waals surface area contributed by atoms with Gasteiger partial charge in [-0.1, -0.05) is 19.3 Å². The fourth-order valence-corrected chi connectivity index (χ4v) is 5.66. The Hall–Kier alpha value is -0.620. The van der Waals surface area contributed by atoms with Crippen molar-refractivity contribution in [2.24, 2.45) is 11.8 Å². The second kappa shape index (κ2) is 6.43. The number of sulfonamides is 1. The molecule has 1 N–H and O–H groups in total. The first kappa shape index (κ1) is 15.8. The van der Waals surface area contributed by atoms with E-state index in [0.717, 1.165) is 19.3 Å². The van der Waals surface area contributed by atoms with Crippen LogP contribution in [-0.2, 0) is 19.6 Å². The number of nitrogens with one attached hydrogen (secondary N) is 1. The highest BCUT2D eigenvalue weighted by Crippen LogP contribution is 2.33. The highest BCUT2D eigenvalue weighted by Gasteiger charge is 2.43. The standard InChI is InChI=1S/C14H25NO4S/c1-10(11-6-3-4-7-11)15-20(17,18)13-9-5-8-12(13)14(16)19-2/h10-13,15H,3-9H2,1-2H3. The first-order valence-electron chi connectivity index (χ1n) is 7.54. The van der Waals surface area contributed by atoms with Crippen molar-refractivity contribution in [1.29, 1.82) is 0 Å². The summed E-state index contributed by atoms with van der Waals surface area (Å²) < 4.78 is 32.6. The van der Waals surface area contributed by atoms with Gasteiger partial charge in [-0.15, -0.1) is 0 Å². The van der Waals surface area contributed by atoms with Gasteiger partial charge in [0.1, 0.15) is 0 Å². The maximum absolute atomic E-state index is 12.5. The van der Waals surface area contributed by atoms with Crippen LogP contribution in [-0.4, -0.2) is 32.8 Å². The molecule has 0 radical (unpaired) electrons. The third-order valence-electron chi connectivity index (χ3n) is 4.81. The fourth-order valence-electron chi connectivity index (χ4n) is 3.62. The largest absolute Gasteiger partial charge is 0.469 e. The van der Waals surface area contributed by atoms with Gasteiger partial charge in [-0.3, -0.25) is 4.79 Å². The number of hydrogen-bond donors (Lipinski definition) is 1. The molecule has 116 valence electrons. The molecule has 2 aliphatic carbocycles. The molecule has 0 aromatic carbocycles. The Morgan fingerprint density at radius 1 is 1.15 bits per heavy atom. The van der Waals surface area contributed by atoms with E-state index in [1.54, 1.807) is 0 Å². The molecule has 2 fully saturated rings. The number of methoxy groups -OCH3 is 1. The van der Waals surface area contributed by atoms with Crippen LogP contribution in [0.3, 0.4) is 0 Å². The summed E-state index contributed by atoms with van der Waals surface area (Å²) in [7, 11) is -2.13. The summed E-state index contributed by atoms with van der Waals surface area (Å²) >= 11 is 0. The molecule has 0 aromatic rings. The molecule has 5 nitrogen and oxygen atoms in total. The lowest BCUT2D eigenvalue weighted by atomic mass is 10.0. The van der Waals surface area contributed by atoms with Gasteiger partial charge in [-0.2, -0.15) is 0 Å². The van der Waals surface area contributed by atoms with Gasteiger partial charge < -0.3 is 4.74 Å². The van der Waals surface area contributed by atoms with Gasteiger partial charge in [0, 0.05) is 6.04 Å². The minimum atomic E-state index is -3.45. The summed E-state index contributed by atoms with van der Waals surface area (Å²) in [6.07, 6.45) is 6.48. The summed E-state index contributed by atoms with van der Waals surface area (Å²) in [6, 6.07) is -0.0404. The van der Waals surface area contributed by atoms with Crippen molar-refractivity contribution in [3.05, 3.63) is 0 Å². The van der Waals surface area contributed by atoms with Gasteiger partial charge in [-0.25, -0.2) is 13.1 Å². The predicted molar refractivity (Wildman–Crippen MR) is 76.6 cm³/mol. The first-order chi connectivity index (χ1) is 9.45. The lowest BCUT2D eigenvalue weighted by Crippen LogP contribution is -2.45. The Bertz CT molecular complexity index is 442. The molecule has 0 heterocycles.